The molecule has 16 nitrogen and oxygen atoms in total. The van der Waals surface area contributed by atoms with Gasteiger partial charge in [-0.1, -0.05) is 146 Å². The Morgan fingerprint density at radius 3 is 1.11 bits per heavy atom. The fourth-order valence-electron chi connectivity index (χ4n) is 8.25. The van der Waals surface area contributed by atoms with E-state index in [0.29, 0.717) is 0 Å². The quantitative estimate of drug-likeness (QED) is 0.0730. The Morgan fingerprint density at radius 1 is 0.528 bits per heavy atom. The van der Waals surface area contributed by atoms with Gasteiger partial charge in [0.25, 0.3) is 0 Å². The van der Waals surface area contributed by atoms with E-state index in [2.05, 4.69) is 47.0 Å². The number of carboxylic acid groups (broad SMARTS) is 2. The van der Waals surface area contributed by atoms with Gasteiger partial charge in [0, 0.05) is 25.9 Å². The summed E-state index contributed by atoms with van der Waals surface area (Å²) in [4.78, 5) is 86.2. The second-order valence-corrected chi connectivity index (χ2v) is 24.6. The number of fused-ring (bicyclic) bond motifs is 6. The normalized spacial score (nSPS) is 13.5. The summed E-state index contributed by atoms with van der Waals surface area (Å²) in [5.41, 5.74) is 9.00. The van der Waals surface area contributed by atoms with Gasteiger partial charge in [-0.15, -0.1) is 0 Å². The number of benzene rings is 4. The maximum Gasteiger partial charge on any atom is 0.407 e. The summed E-state index contributed by atoms with van der Waals surface area (Å²) >= 11 is 0. The van der Waals surface area contributed by atoms with Crippen LogP contribution in [-0.4, -0.2) is 123 Å². The monoisotopic (exact) mass is 1010 g/mol. The third-order valence-electron chi connectivity index (χ3n) is 12.4. The van der Waals surface area contributed by atoms with Crippen LogP contribution in [0.3, 0.4) is 0 Å². The van der Waals surface area contributed by atoms with Gasteiger partial charge in [0.05, 0.1) is 5.92 Å². The molecule has 0 unspecified atom stereocenters. The molecule has 0 saturated heterocycles. The van der Waals surface area contributed by atoms with Crippen molar-refractivity contribution < 1.29 is 57.7 Å². The molecular formula is C55H72N4O12Si. The van der Waals surface area contributed by atoms with Gasteiger partial charge in [-0.05, 0) is 81.9 Å². The van der Waals surface area contributed by atoms with Gasteiger partial charge in [-0.25, -0.2) is 9.59 Å². The number of carbonyl (C=O) groups excluding carboxylic acids is 5. The summed E-state index contributed by atoms with van der Waals surface area (Å²) in [5.74, 6) is -3.64. The number of amides is 4. The van der Waals surface area contributed by atoms with E-state index < -0.39 is 62.9 Å². The SMILES string of the molecule is CC(C)[C@H](C)C(=O)O.CC(C)[C@H](NC(=O)OCC1c2ccccc2-c2ccccc21)C(=O)N(C)CC(=O)O.CC(C)[C@H](NC(=O)OCC1c2ccccc2-c2ccccc21)C(=O)N(C)CC(=O)O[Si](C)(C)C. The molecule has 2 aliphatic rings. The van der Waals surface area contributed by atoms with Crippen LogP contribution < -0.4 is 10.6 Å². The van der Waals surface area contributed by atoms with E-state index in [1.54, 1.807) is 20.8 Å². The molecule has 0 aromatic heterocycles. The molecule has 2 aliphatic carbocycles. The number of alkyl carbamates (subject to hydrolysis) is 2. The molecule has 0 saturated carbocycles. The van der Waals surface area contributed by atoms with Gasteiger partial charge in [0.15, 0.2) is 0 Å². The highest BCUT2D eigenvalue weighted by Crippen LogP contribution is 2.45. The van der Waals surface area contributed by atoms with Gasteiger partial charge in [0.2, 0.25) is 20.1 Å². The molecule has 0 heterocycles. The van der Waals surface area contributed by atoms with E-state index in [4.69, 9.17) is 24.1 Å². The summed E-state index contributed by atoms with van der Waals surface area (Å²) in [6, 6.07) is 30.6. The van der Waals surface area contributed by atoms with E-state index in [9.17, 15) is 33.6 Å². The van der Waals surface area contributed by atoms with Crippen LogP contribution in [0.4, 0.5) is 9.59 Å². The van der Waals surface area contributed by atoms with Crippen molar-refractivity contribution in [2.45, 2.75) is 92.0 Å². The van der Waals surface area contributed by atoms with Crippen LogP contribution in [0, 0.1) is 23.7 Å². The van der Waals surface area contributed by atoms with Crippen molar-refractivity contribution in [2.75, 3.05) is 40.4 Å². The van der Waals surface area contributed by atoms with Gasteiger partial charge >= 0.3 is 30.1 Å². The van der Waals surface area contributed by atoms with Crippen molar-refractivity contribution in [2.24, 2.45) is 23.7 Å². The van der Waals surface area contributed by atoms with Crippen LogP contribution in [0.15, 0.2) is 97.1 Å². The van der Waals surface area contributed by atoms with Crippen molar-refractivity contribution in [1.29, 1.82) is 0 Å². The molecule has 17 heteroatoms. The average Bonchev–Trinajstić information content (AvgIpc) is 3.81. The smallest absolute Gasteiger partial charge is 0.407 e. The zero-order valence-electron chi connectivity index (χ0n) is 43.6. The highest BCUT2D eigenvalue weighted by molar-refractivity contribution is 6.71. The number of hydrogen-bond donors (Lipinski definition) is 4. The molecule has 6 rings (SSSR count). The maximum atomic E-state index is 13.0. The lowest BCUT2D eigenvalue weighted by molar-refractivity contribution is -0.144. The highest BCUT2D eigenvalue weighted by Gasteiger charge is 2.34. The first-order chi connectivity index (χ1) is 33.8. The number of rotatable bonds is 17. The van der Waals surface area contributed by atoms with Crippen LogP contribution in [0.2, 0.25) is 19.6 Å². The molecule has 3 atom stereocenters. The number of hydrogen-bond acceptors (Lipinski definition) is 10. The van der Waals surface area contributed by atoms with Gasteiger partial charge in [-0.3, -0.25) is 24.0 Å². The fraction of sp³-hybridized carbons (Fsp3) is 0.436. The molecule has 4 N–H and O–H groups in total. The van der Waals surface area contributed by atoms with Crippen LogP contribution in [0.1, 0.15) is 82.6 Å². The molecule has 4 amide bonds. The predicted octanol–water partition coefficient (Wildman–Crippen LogP) is 8.84. The van der Waals surface area contributed by atoms with Gasteiger partial charge < -0.3 is 44.5 Å². The molecule has 0 fully saturated rings. The second kappa shape index (κ2) is 25.9. The lowest BCUT2D eigenvalue weighted by Gasteiger charge is -2.27. The standard InChI is InChI=1S/C26H34N2O5Si.C23H26N2O5.C6H12O2/c1-17(2)24(25(30)28(3)15-23(29)33-34(4,5)6)27-26(31)32-16-22-20-13-9-7-11-18(20)19-12-8-10-14-21(19)22;1-14(2)21(22(28)25(3)12-20(26)27)24-23(29)30-13-19-17-10-6-4-8-15(17)16-9-5-7-11-18(16)19;1-4(2)5(3)6(7)8/h7-14,17,22,24H,15-16H2,1-6H3,(H,27,31);4-11,14,19,21H,12-13H2,1-3H3,(H,24,29)(H,26,27);4-5H,1-3H3,(H,7,8)/t24-;21-;5-/m000/s1. The predicted molar refractivity (Wildman–Crippen MR) is 278 cm³/mol. The van der Waals surface area contributed by atoms with E-state index in [-0.39, 0.29) is 61.2 Å². The van der Waals surface area contributed by atoms with Crippen LogP contribution in [0.5, 0.6) is 0 Å². The van der Waals surface area contributed by atoms with Crippen LogP contribution in [-0.2, 0) is 37.9 Å². The molecular weight excluding hydrogens is 937 g/mol. The number of carbonyl (C=O) groups is 7. The molecule has 388 valence electrons. The lowest BCUT2D eigenvalue weighted by atomic mass is 9.98. The largest absolute Gasteiger partial charge is 0.519 e. The Kier molecular flexibility index (Phi) is 20.7. The minimum Gasteiger partial charge on any atom is -0.519 e. The Labute approximate surface area is 424 Å². The van der Waals surface area contributed by atoms with E-state index in [0.717, 1.165) is 49.4 Å². The Balaban J connectivity index is 0.000000273. The van der Waals surface area contributed by atoms with Gasteiger partial charge in [-0.2, -0.15) is 0 Å². The first kappa shape index (κ1) is 57.6. The Bertz CT molecular complexity index is 2470. The Morgan fingerprint density at radius 2 is 0.847 bits per heavy atom. The molecule has 0 aliphatic heterocycles. The minimum atomic E-state index is -2.05. The average molecular weight is 1010 g/mol. The lowest BCUT2D eigenvalue weighted by Crippen LogP contribution is -2.51. The van der Waals surface area contributed by atoms with Crippen LogP contribution in [0.25, 0.3) is 22.3 Å². The zero-order chi connectivity index (χ0) is 53.6. The molecule has 0 spiro atoms. The number of likely N-dealkylation sites (N-methyl/N-ethyl adjacent to an activating group) is 2. The van der Waals surface area contributed by atoms with Crippen molar-refractivity contribution in [1.82, 2.24) is 20.4 Å². The van der Waals surface area contributed by atoms with E-state index >= 15 is 0 Å². The number of aliphatic carboxylic acids is 2. The van der Waals surface area contributed by atoms with E-state index in [1.807, 2.05) is 108 Å². The minimum absolute atomic E-state index is 0.0645. The molecule has 4 aromatic rings. The fourth-order valence-corrected chi connectivity index (χ4v) is 8.99. The first-order valence-corrected chi connectivity index (χ1v) is 27.6. The number of carboxylic acids is 2. The number of nitrogens with one attached hydrogen (secondary N) is 2. The third-order valence-corrected chi connectivity index (χ3v) is 13.2. The zero-order valence-corrected chi connectivity index (χ0v) is 44.6. The summed E-state index contributed by atoms with van der Waals surface area (Å²) in [5, 5.41) is 22.5. The maximum absolute atomic E-state index is 13.0. The van der Waals surface area contributed by atoms with Crippen molar-refractivity contribution in [3.63, 3.8) is 0 Å². The summed E-state index contributed by atoms with van der Waals surface area (Å²) in [6.07, 6.45) is -1.36. The summed E-state index contributed by atoms with van der Waals surface area (Å²) < 4.78 is 16.5. The first-order valence-electron chi connectivity index (χ1n) is 24.2. The second-order valence-electron chi connectivity index (χ2n) is 20.1. The molecule has 4 aromatic carbocycles. The summed E-state index contributed by atoms with van der Waals surface area (Å²) in [6.45, 7) is 18.2. The van der Waals surface area contributed by atoms with Crippen molar-refractivity contribution in [3.8, 4) is 22.3 Å². The number of nitrogens with zero attached hydrogens (tertiary/aromatic N) is 2. The summed E-state index contributed by atoms with van der Waals surface area (Å²) in [7, 11) is 0.876. The van der Waals surface area contributed by atoms with Crippen molar-refractivity contribution in [3.05, 3.63) is 119 Å². The highest BCUT2D eigenvalue weighted by atomic mass is 28.4. The van der Waals surface area contributed by atoms with Crippen molar-refractivity contribution >= 4 is 50.2 Å². The van der Waals surface area contributed by atoms with Crippen LogP contribution >= 0.6 is 0 Å². The van der Waals surface area contributed by atoms with E-state index in [1.165, 1.54) is 19.0 Å². The topological polar surface area (TPSA) is 218 Å². The number of ether oxygens (including phenoxy) is 2. The van der Waals surface area contributed by atoms with Gasteiger partial charge in [0.1, 0.15) is 38.4 Å². The third kappa shape index (κ3) is 15.7. The Hall–Kier alpha value is -7.01. The molecule has 72 heavy (non-hydrogen) atoms. The molecule has 0 radical (unpaired) electrons. The molecule has 0 bridgehead atoms.